The van der Waals surface area contributed by atoms with Crippen LogP contribution < -0.4 is 15.4 Å². The summed E-state index contributed by atoms with van der Waals surface area (Å²) in [5.41, 5.74) is 2.55. The van der Waals surface area contributed by atoms with Gasteiger partial charge in [0.15, 0.2) is 4.34 Å². The monoisotopic (exact) mass is 469 g/mol. The summed E-state index contributed by atoms with van der Waals surface area (Å²) in [4.78, 5) is 16.8. The molecule has 4 aromatic rings. The molecule has 0 saturated heterocycles. The summed E-state index contributed by atoms with van der Waals surface area (Å²) in [6, 6.07) is 17.1. The number of benzene rings is 2. The predicted octanol–water partition coefficient (Wildman–Crippen LogP) is 5.22. The van der Waals surface area contributed by atoms with Crippen molar-refractivity contribution in [3.05, 3.63) is 70.7 Å². The predicted molar refractivity (Wildman–Crippen MR) is 127 cm³/mol. The number of hydrogen-bond donors (Lipinski definition) is 2. The molecule has 2 heterocycles. The lowest BCUT2D eigenvalue weighted by Gasteiger charge is -2.07. The molecule has 0 radical (unpaired) electrons. The van der Waals surface area contributed by atoms with E-state index in [0.717, 1.165) is 32.2 Å². The summed E-state index contributed by atoms with van der Waals surface area (Å²) in [5.74, 6) is 1.34. The second-order valence-corrected chi connectivity index (χ2v) is 9.45. The Kier molecular flexibility index (Phi) is 7.13. The molecular weight excluding hydrogens is 450 g/mol. The zero-order chi connectivity index (χ0) is 21.5. The van der Waals surface area contributed by atoms with E-state index < -0.39 is 0 Å². The van der Waals surface area contributed by atoms with E-state index in [1.54, 1.807) is 18.9 Å². The number of methoxy groups -OCH3 is 1. The number of amides is 1. The maximum atomic E-state index is 12.2. The maximum Gasteiger partial charge on any atom is 0.231 e. The van der Waals surface area contributed by atoms with E-state index in [9.17, 15) is 4.79 Å². The van der Waals surface area contributed by atoms with E-state index in [1.807, 2.05) is 60.0 Å². The molecule has 2 aromatic carbocycles. The fourth-order valence-electron chi connectivity index (χ4n) is 2.68. The van der Waals surface area contributed by atoms with Crippen molar-refractivity contribution in [3.63, 3.8) is 0 Å². The molecule has 0 fully saturated rings. The van der Waals surface area contributed by atoms with Crippen molar-refractivity contribution in [1.82, 2.24) is 15.2 Å². The fourth-order valence-corrected chi connectivity index (χ4v) is 5.23. The Morgan fingerprint density at radius 3 is 2.74 bits per heavy atom. The van der Waals surface area contributed by atoms with Gasteiger partial charge in [0.1, 0.15) is 10.8 Å². The molecule has 0 aliphatic rings. The van der Waals surface area contributed by atoms with Gasteiger partial charge < -0.3 is 15.4 Å². The number of nitrogens with one attached hydrogen (secondary N) is 2. The standard InChI is InChI=1S/C21H19N5O2S3/c1-28-17-10-6-5-9-16(17)24-20-25-26-21(31-20)30-13-15-12-29-19(23-15)11-18(27)22-14-7-3-2-4-8-14/h2-10,12H,11,13H2,1H3,(H,22,27)(H,24,25). The molecule has 0 saturated carbocycles. The molecule has 0 atom stereocenters. The fraction of sp³-hybridized carbons (Fsp3) is 0.143. The maximum absolute atomic E-state index is 12.2. The third-order valence-electron chi connectivity index (χ3n) is 4.07. The number of thioether (sulfide) groups is 1. The number of aromatic nitrogens is 3. The lowest BCUT2D eigenvalue weighted by molar-refractivity contribution is -0.115. The number of ether oxygens (including phenoxy) is 1. The van der Waals surface area contributed by atoms with E-state index in [2.05, 4.69) is 25.8 Å². The Labute approximate surface area is 191 Å². The average Bonchev–Trinajstić information content (AvgIpc) is 3.42. The minimum Gasteiger partial charge on any atom is -0.495 e. The van der Waals surface area contributed by atoms with Crippen molar-refractivity contribution in [2.24, 2.45) is 0 Å². The summed E-state index contributed by atoms with van der Waals surface area (Å²) in [6.45, 7) is 0. The summed E-state index contributed by atoms with van der Waals surface area (Å²) in [7, 11) is 1.63. The molecule has 7 nitrogen and oxygen atoms in total. The summed E-state index contributed by atoms with van der Waals surface area (Å²) in [5, 5.41) is 18.0. The molecule has 0 spiro atoms. The van der Waals surface area contributed by atoms with Gasteiger partial charge in [-0.25, -0.2) is 4.98 Å². The SMILES string of the molecule is COc1ccccc1Nc1nnc(SCc2csc(CC(=O)Nc3ccccc3)n2)s1. The number of nitrogens with zero attached hydrogens (tertiary/aromatic N) is 3. The van der Waals surface area contributed by atoms with Crippen LogP contribution >= 0.6 is 34.4 Å². The van der Waals surface area contributed by atoms with E-state index in [-0.39, 0.29) is 12.3 Å². The highest BCUT2D eigenvalue weighted by Gasteiger charge is 2.11. The lowest BCUT2D eigenvalue weighted by atomic mass is 10.3. The quantitative estimate of drug-likeness (QED) is 0.325. The van der Waals surface area contributed by atoms with E-state index >= 15 is 0 Å². The third-order valence-corrected chi connectivity index (χ3v) is 6.97. The van der Waals surface area contributed by atoms with Gasteiger partial charge in [0.05, 0.1) is 24.9 Å². The van der Waals surface area contributed by atoms with Crippen LogP contribution in [0, 0.1) is 0 Å². The van der Waals surface area contributed by atoms with Crippen LogP contribution in [0.3, 0.4) is 0 Å². The molecule has 2 aromatic heterocycles. The summed E-state index contributed by atoms with van der Waals surface area (Å²) in [6.07, 6.45) is 0.260. The smallest absolute Gasteiger partial charge is 0.231 e. The molecule has 2 N–H and O–H groups in total. The third kappa shape index (κ3) is 6.03. The molecule has 10 heteroatoms. The van der Waals surface area contributed by atoms with E-state index in [1.165, 1.54) is 22.7 Å². The topological polar surface area (TPSA) is 89.0 Å². The number of carbonyl (C=O) groups excluding carboxylic acids is 1. The van der Waals surface area contributed by atoms with Gasteiger partial charge >= 0.3 is 0 Å². The normalized spacial score (nSPS) is 10.6. The first-order chi connectivity index (χ1) is 15.2. The summed E-state index contributed by atoms with van der Waals surface area (Å²) >= 11 is 4.53. The zero-order valence-corrected chi connectivity index (χ0v) is 19.0. The molecule has 0 unspecified atom stereocenters. The Hall–Kier alpha value is -2.95. The van der Waals surface area contributed by atoms with Crippen LogP contribution in [0.25, 0.3) is 0 Å². The van der Waals surface area contributed by atoms with Crippen LogP contribution in [0.4, 0.5) is 16.5 Å². The highest BCUT2D eigenvalue weighted by Crippen LogP contribution is 2.32. The first kappa shape index (κ1) is 21.3. The van der Waals surface area contributed by atoms with Crippen LogP contribution in [0.2, 0.25) is 0 Å². The van der Waals surface area contributed by atoms with Crippen LogP contribution in [0.1, 0.15) is 10.7 Å². The van der Waals surface area contributed by atoms with Gasteiger partial charge in [0.25, 0.3) is 0 Å². The number of rotatable bonds is 9. The molecular formula is C21H19N5O2S3. The van der Waals surface area contributed by atoms with Crippen molar-refractivity contribution in [2.45, 2.75) is 16.5 Å². The number of carbonyl (C=O) groups is 1. The van der Waals surface area contributed by atoms with Crippen molar-refractivity contribution >= 4 is 56.8 Å². The molecule has 1 amide bonds. The van der Waals surface area contributed by atoms with Gasteiger partial charge in [0.2, 0.25) is 11.0 Å². The number of para-hydroxylation sites is 3. The Morgan fingerprint density at radius 2 is 1.90 bits per heavy atom. The minimum absolute atomic E-state index is 0.0732. The number of anilines is 3. The molecule has 158 valence electrons. The summed E-state index contributed by atoms with van der Waals surface area (Å²) < 4.78 is 6.19. The molecule has 0 bridgehead atoms. The van der Waals surface area contributed by atoms with Crippen LogP contribution in [-0.2, 0) is 17.0 Å². The van der Waals surface area contributed by atoms with Gasteiger partial charge in [-0.05, 0) is 24.3 Å². The van der Waals surface area contributed by atoms with Crippen LogP contribution in [-0.4, -0.2) is 28.2 Å². The Balaban J connectivity index is 1.28. The van der Waals surface area contributed by atoms with Crippen LogP contribution in [0.15, 0.2) is 64.3 Å². The molecule has 4 rings (SSSR count). The van der Waals surface area contributed by atoms with Crippen molar-refractivity contribution in [1.29, 1.82) is 0 Å². The Bertz CT molecular complexity index is 1150. The number of hydrogen-bond acceptors (Lipinski definition) is 9. The van der Waals surface area contributed by atoms with E-state index in [4.69, 9.17) is 4.74 Å². The van der Waals surface area contributed by atoms with Gasteiger partial charge in [-0.1, -0.05) is 53.4 Å². The van der Waals surface area contributed by atoms with Crippen LogP contribution in [0.5, 0.6) is 5.75 Å². The average molecular weight is 470 g/mol. The molecule has 0 aliphatic carbocycles. The highest BCUT2D eigenvalue weighted by molar-refractivity contribution is 8.00. The Morgan fingerprint density at radius 1 is 1.10 bits per heavy atom. The van der Waals surface area contributed by atoms with Gasteiger partial charge in [-0.2, -0.15) is 0 Å². The second-order valence-electron chi connectivity index (χ2n) is 6.31. The zero-order valence-electron chi connectivity index (χ0n) is 16.6. The van der Waals surface area contributed by atoms with Crippen molar-refractivity contribution in [3.8, 4) is 5.75 Å². The largest absolute Gasteiger partial charge is 0.495 e. The lowest BCUT2D eigenvalue weighted by Crippen LogP contribution is -2.14. The van der Waals surface area contributed by atoms with Crippen molar-refractivity contribution in [2.75, 3.05) is 17.7 Å². The minimum atomic E-state index is -0.0732. The second kappa shape index (κ2) is 10.4. The van der Waals surface area contributed by atoms with Crippen molar-refractivity contribution < 1.29 is 9.53 Å². The highest BCUT2D eigenvalue weighted by atomic mass is 32.2. The van der Waals surface area contributed by atoms with Gasteiger partial charge in [-0.3, -0.25) is 4.79 Å². The first-order valence-electron chi connectivity index (χ1n) is 9.34. The molecule has 0 aliphatic heterocycles. The van der Waals surface area contributed by atoms with E-state index in [0.29, 0.717) is 10.9 Å². The molecule has 31 heavy (non-hydrogen) atoms. The van der Waals surface area contributed by atoms with Gasteiger partial charge in [0, 0.05) is 16.8 Å². The number of thiazole rings is 1. The van der Waals surface area contributed by atoms with Gasteiger partial charge in [-0.15, -0.1) is 21.5 Å². The first-order valence-corrected chi connectivity index (χ1v) is 12.0.